The van der Waals surface area contributed by atoms with Crippen LogP contribution in [0.3, 0.4) is 0 Å². The maximum Gasteiger partial charge on any atom is 0.239 e. The fourth-order valence-electron chi connectivity index (χ4n) is 5.25. The summed E-state index contributed by atoms with van der Waals surface area (Å²) in [6, 6.07) is 12.9. The second-order valence-corrected chi connectivity index (χ2v) is 9.44. The number of fused-ring (bicyclic) bond motifs is 1. The molecule has 0 atom stereocenters. The van der Waals surface area contributed by atoms with Crippen molar-refractivity contribution >= 4 is 28.2 Å². The second kappa shape index (κ2) is 9.35. The molecule has 2 fully saturated rings. The molecule has 7 nitrogen and oxygen atoms in total. The molecule has 0 radical (unpaired) electrons. The predicted octanol–water partition coefficient (Wildman–Crippen LogP) is 3.46. The number of nitrogens with zero attached hydrogens (tertiary/aromatic N) is 3. The van der Waals surface area contributed by atoms with Gasteiger partial charge in [-0.15, -0.1) is 0 Å². The Morgan fingerprint density at radius 1 is 1.09 bits per heavy atom. The number of hydrogen-bond acceptors (Lipinski definition) is 6. The van der Waals surface area contributed by atoms with E-state index in [0.717, 1.165) is 66.7 Å². The minimum atomic E-state index is 0.0143. The largest absolute Gasteiger partial charge is 0.397 e. The zero-order chi connectivity index (χ0) is 22.8. The molecule has 1 amide bonds. The summed E-state index contributed by atoms with van der Waals surface area (Å²) in [7, 11) is 0. The van der Waals surface area contributed by atoms with E-state index in [1.165, 1.54) is 5.56 Å². The minimum absolute atomic E-state index is 0.0143. The van der Waals surface area contributed by atoms with Crippen LogP contribution in [-0.4, -0.2) is 52.5 Å². The molecule has 7 heteroatoms. The van der Waals surface area contributed by atoms with Crippen LogP contribution in [0, 0.1) is 6.92 Å². The van der Waals surface area contributed by atoms with E-state index in [-0.39, 0.29) is 18.5 Å². The maximum absolute atomic E-state index is 12.5. The first-order valence-electron chi connectivity index (χ1n) is 11.9. The van der Waals surface area contributed by atoms with Crippen LogP contribution < -0.4 is 16.4 Å². The summed E-state index contributed by atoms with van der Waals surface area (Å²) in [4.78, 5) is 23.9. The van der Waals surface area contributed by atoms with Gasteiger partial charge in [-0.05, 0) is 62.3 Å². The van der Waals surface area contributed by atoms with Crippen LogP contribution in [-0.2, 0) is 4.79 Å². The molecule has 1 saturated heterocycles. The van der Waals surface area contributed by atoms with Gasteiger partial charge < -0.3 is 16.4 Å². The summed E-state index contributed by atoms with van der Waals surface area (Å²) < 4.78 is 0. The number of carbonyl (C=O) groups excluding carboxylic acids is 1. The van der Waals surface area contributed by atoms with Crippen LogP contribution >= 0.6 is 0 Å². The monoisotopic (exact) mass is 444 g/mol. The standard InChI is InChI=1S/C26H32N6O/c1-17-4-5-18-10-12-29-26(22(18)13-17)30-14-24(33)31-20-15-32(16-20)21-8-6-19(7-9-21)25-23(27)3-2-11-28-25/h2-5,10-13,19-21H,6-9,14-16,27H2,1H3,(H,29,30)(H,31,33). The van der Waals surface area contributed by atoms with Crippen LogP contribution in [0.5, 0.6) is 0 Å². The highest BCUT2D eigenvalue weighted by Crippen LogP contribution is 2.37. The molecule has 1 aliphatic heterocycles. The lowest BCUT2D eigenvalue weighted by atomic mass is 9.81. The average molecular weight is 445 g/mol. The molecule has 1 saturated carbocycles. The molecule has 0 bridgehead atoms. The minimum Gasteiger partial charge on any atom is -0.397 e. The highest BCUT2D eigenvalue weighted by molar-refractivity contribution is 5.93. The highest BCUT2D eigenvalue weighted by Gasteiger charge is 2.35. The lowest BCUT2D eigenvalue weighted by Gasteiger charge is -2.46. The van der Waals surface area contributed by atoms with Gasteiger partial charge in [0.15, 0.2) is 0 Å². The van der Waals surface area contributed by atoms with E-state index in [0.29, 0.717) is 12.0 Å². The van der Waals surface area contributed by atoms with Crippen LogP contribution in [0.4, 0.5) is 11.5 Å². The summed E-state index contributed by atoms with van der Waals surface area (Å²) >= 11 is 0. The molecule has 3 aromatic rings. The Bertz CT molecular complexity index is 1130. The van der Waals surface area contributed by atoms with Gasteiger partial charge in [-0.25, -0.2) is 4.98 Å². The van der Waals surface area contributed by atoms with E-state index in [9.17, 15) is 4.79 Å². The van der Waals surface area contributed by atoms with Gasteiger partial charge in [0.05, 0.1) is 24.0 Å². The highest BCUT2D eigenvalue weighted by atomic mass is 16.2. The number of pyridine rings is 2. The quantitative estimate of drug-likeness (QED) is 0.539. The number of nitrogen functional groups attached to an aromatic ring is 1. The molecule has 172 valence electrons. The number of amides is 1. The molecule has 1 aliphatic carbocycles. The van der Waals surface area contributed by atoms with Crippen molar-refractivity contribution in [1.29, 1.82) is 0 Å². The number of carbonyl (C=O) groups is 1. The lowest BCUT2D eigenvalue weighted by Crippen LogP contribution is -2.63. The van der Waals surface area contributed by atoms with Crippen molar-refractivity contribution in [1.82, 2.24) is 20.2 Å². The third-order valence-corrected chi connectivity index (χ3v) is 7.08. The first-order valence-corrected chi connectivity index (χ1v) is 11.9. The number of benzene rings is 1. The number of aromatic nitrogens is 2. The molecular weight excluding hydrogens is 412 g/mol. The van der Waals surface area contributed by atoms with Gasteiger partial charge in [0, 0.05) is 42.8 Å². The Morgan fingerprint density at radius 2 is 1.91 bits per heavy atom. The van der Waals surface area contributed by atoms with Crippen LogP contribution in [0.2, 0.25) is 0 Å². The first-order chi connectivity index (χ1) is 16.1. The van der Waals surface area contributed by atoms with Crippen molar-refractivity contribution in [3.63, 3.8) is 0 Å². The molecule has 33 heavy (non-hydrogen) atoms. The SMILES string of the molecule is Cc1ccc2ccnc(NCC(=O)NC3CN(C4CCC(c5ncccc5N)CC4)C3)c2c1. The van der Waals surface area contributed by atoms with E-state index in [1.54, 1.807) is 6.20 Å². The van der Waals surface area contributed by atoms with E-state index in [4.69, 9.17) is 5.73 Å². The molecule has 4 N–H and O–H groups in total. The van der Waals surface area contributed by atoms with Crippen LogP contribution in [0.25, 0.3) is 10.8 Å². The predicted molar refractivity (Wildman–Crippen MR) is 132 cm³/mol. The van der Waals surface area contributed by atoms with E-state index < -0.39 is 0 Å². The Labute approximate surface area is 194 Å². The smallest absolute Gasteiger partial charge is 0.239 e. The zero-order valence-corrected chi connectivity index (χ0v) is 19.1. The number of likely N-dealkylation sites (tertiary alicyclic amines) is 1. The van der Waals surface area contributed by atoms with E-state index in [2.05, 4.69) is 50.6 Å². The Morgan fingerprint density at radius 3 is 2.70 bits per heavy atom. The molecule has 0 unspecified atom stereocenters. The third kappa shape index (κ3) is 4.78. The van der Waals surface area contributed by atoms with Gasteiger partial charge >= 0.3 is 0 Å². The van der Waals surface area contributed by atoms with Gasteiger partial charge in [0.1, 0.15) is 5.82 Å². The summed E-state index contributed by atoms with van der Waals surface area (Å²) in [5.41, 5.74) is 9.18. The summed E-state index contributed by atoms with van der Waals surface area (Å²) in [6.07, 6.45) is 8.19. The summed E-state index contributed by atoms with van der Waals surface area (Å²) in [6.45, 7) is 4.15. The van der Waals surface area contributed by atoms with Crippen molar-refractivity contribution in [2.45, 2.75) is 50.6 Å². The van der Waals surface area contributed by atoms with Gasteiger partial charge in [0.25, 0.3) is 0 Å². The topological polar surface area (TPSA) is 96.2 Å². The molecule has 3 heterocycles. The Kier molecular flexibility index (Phi) is 6.13. The van der Waals surface area contributed by atoms with Gasteiger partial charge in [-0.1, -0.05) is 17.7 Å². The van der Waals surface area contributed by atoms with Crippen molar-refractivity contribution in [3.8, 4) is 0 Å². The summed E-state index contributed by atoms with van der Waals surface area (Å²) in [5, 5.41) is 8.54. The lowest BCUT2D eigenvalue weighted by molar-refractivity contribution is -0.121. The number of hydrogen-bond donors (Lipinski definition) is 3. The second-order valence-electron chi connectivity index (χ2n) is 9.44. The average Bonchev–Trinajstić information content (AvgIpc) is 2.80. The number of nitrogens with two attached hydrogens (primary N) is 1. The maximum atomic E-state index is 12.5. The van der Waals surface area contributed by atoms with Crippen molar-refractivity contribution in [2.24, 2.45) is 0 Å². The molecule has 2 aliphatic rings. The number of anilines is 2. The fraction of sp³-hybridized carbons (Fsp3) is 0.423. The normalized spacial score (nSPS) is 21.5. The van der Waals surface area contributed by atoms with E-state index >= 15 is 0 Å². The molecular formula is C26H32N6O. The van der Waals surface area contributed by atoms with Crippen molar-refractivity contribution in [2.75, 3.05) is 30.7 Å². The van der Waals surface area contributed by atoms with Crippen molar-refractivity contribution in [3.05, 3.63) is 60.0 Å². The molecule has 5 rings (SSSR count). The number of aryl methyl sites for hydroxylation is 1. The third-order valence-electron chi connectivity index (χ3n) is 7.08. The van der Waals surface area contributed by atoms with Gasteiger partial charge in [0.2, 0.25) is 5.91 Å². The molecule has 1 aromatic carbocycles. The molecule has 2 aromatic heterocycles. The Hall–Kier alpha value is -3.19. The van der Waals surface area contributed by atoms with Crippen LogP contribution in [0.1, 0.15) is 42.9 Å². The fourth-order valence-corrected chi connectivity index (χ4v) is 5.25. The van der Waals surface area contributed by atoms with Gasteiger partial charge in [-0.2, -0.15) is 0 Å². The van der Waals surface area contributed by atoms with Crippen LogP contribution in [0.15, 0.2) is 48.8 Å². The summed E-state index contributed by atoms with van der Waals surface area (Å²) in [5.74, 6) is 1.24. The number of rotatable bonds is 6. The first kappa shape index (κ1) is 21.6. The molecule has 0 spiro atoms. The van der Waals surface area contributed by atoms with Crippen molar-refractivity contribution < 1.29 is 4.79 Å². The van der Waals surface area contributed by atoms with E-state index in [1.807, 2.05) is 24.4 Å². The number of nitrogens with one attached hydrogen (secondary N) is 2. The zero-order valence-electron chi connectivity index (χ0n) is 19.1. The Balaban J connectivity index is 1.06. The van der Waals surface area contributed by atoms with Gasteiger partial charge in [-0.3, -0.25) is 14.7 Å².